The van der Waals surface area contributed by atoms with Gasteiger partial charge in [-0.3, -0.25) is 9.59 Å². The summed E-state index contributed by atoms with van der Waals surface area (Å²) in [4.78, 5) is 34.0. The van der Waals surface area contributed by atoms with Crippen LogP contribution in [0.4, 0.5) is 0 Å². The maximum absolute atomic E-state index is 13.6. The molecule has 2 aromatic heterocycles. The molecule has 1 aromatic carbocycles. The number of nitrogens with zero attached hydrogens (tertiary/aromatic N) is 3. The monoisotopic (exact) mass is 510 g/mol. The summed E-state index contributed by atoms with van der Waals surface area (Å²) in [5, 5.41) is 17.5. The van der Waals surface area contributed by atoms with E-state index >= 15 is 0 Å². The van der Waals surface area contributed by atoms with Gasteiger partial charge in [-0.05, 0) is 37.3 Å². The van der Waals surface area contributed by atoms with Crippen LogP contribution in [0, 0.1) is 19.8 Å². The molecule has 192 valence electrons. The van der Waals surface area contributed by atoms with Gasteiger partial charge < -0.3 is 19.8 Å². The minimum absolute atomic E-state index is 0.0598. The van der Waals surface area contributed by atoms with Crippen molar-refractivity contribution in [2.45, 2.75) is 71.6 Å². The molecule has 36 heavy (non-hydrogen) atoms. The minimum atomic E-state index is -0.754. The second kappa shape index (κ2) is 10.9. The predicted molar refractivity (Wildman–Crippen MR) is 138 cm³/mol. The van der Waals surface area contributed by atoms with Crippen molar-refractivity contribution in [3.05, 3.63) is 58.6 Å². The first-order chi connectivity index (χ1) is 17.2. The van der Waals surface area contributed by atoms with E-state index in [1.54, 1.807) is 24.3 Å². The molecule has 2 N–H and O–H groups in total. The number of hydrogen-bond donors (Lipinski definition) is 2. The molecule has 8 nitrogen and oxygen atoms in total. The number of aliphatic hydroxyl groups excluding tert-OH is 1. The quantitative estimate of drug-likeness (QED) is 0.465. The summed E-state index contributed by atoms with van der Waals surface area (Å²) in [5.41, 5.74) is 5.62. The number of benzene rings is 1. The SMILES string of the molecule is CC[C@H](NC(=O)[C@@H]1C[C@@H](O)CN1C(=O)[C@@H](c1cc(C)no1)C(C)C)c1ccc(-c2scnc2C)cc1. The highest BCUT2D eigenvalue weighted by molar-refractivity contribution is 7.13. The molecule has 1 aliphatic rings. The lowest BCUT2D eigenvalue weighted by Gasteiger charge is -2.30. The van der Waals surface area contributed by atoms with Crippen molar-refractivity contribution >= 4 is 23.2 Å². The van der Waals surface area contributed by atoms with Crippen molar-refractivity contribution in [1.82, 2.24) is 20.4 Å². The highest BCUT2D eigenvalue weighted by atomic mass is 32.1. The van der Waals surface area contributed by atoms with Gasteiger partial charge in [-0.15, -0.1) is 11.3 Å². The first kappa shape index (κ1) is 26.0. The molecule has 1 fully saturated rings. The van der Waals surface area contributed by atoms with Gasteiger partial charge in [-0.1, -0.05) is 50.2 Å². The molecule has 0 radical (unpaired) electrons. The Kier molecular flexibility index (Phi) is 7.90. The second-order valence-corrected chi connectivity index (χ2v) is 10.7. The van der Waals surface area contributed by atoms with Crippen molar-refractivity contribution in [2.24, 2.45) is 5.92 Å². The normalized spacial score (nSPS) is 19.5. The third-order valence-electron chi connectivity index (χ3n) is 6.80. The molecular weight excluding hydrogens is 476 g/mol. The number of thiazole rings is 1. The van der Waals surface area contributed by atoms with Crippen LogP contribution in [0.25, 0.3) is 10.4 Å². The Labute approximate surface area is 215 Å². The van der Waals surface area contributed by atoms with E-state index in [-0.39, 0.29) is 36.7 Å². The van der Waals surface area contributed by atoms with Crippen LogP contribution < -0.4 is 5.32 Å². The zero-order chi connectivity index (χ0) is 26.0. The fourth-order valence-electron chi connectivity index (χ4n) is 4.88. The largest absolute Gasteiger partial charge is 0.391 e. The molecule has 1 saturated heterocycles. The van der Waals surface area contributed by atoms with Gasteiger partial charge in [0.15, 0.2) is 0 Å². The van der Waals surface area contributed by atoms with E-state index in [1.807, 2.05) is 57.5 Å². The zero-order valence-electron chi connectivity index (χ0n) is 21.4. The van der Waals surface area contributed by atoms with Crippen molar-refractivity contribution in [2.75, 3.05) is 6.54 Å². The van der Waals surface area contributed by atoms with Crippen molar-refractivity contribution in [3.8, 4) is 10.4 Å². The van der Waals surface area contributed by atoms with Gasteiger partial charge in [0.2, 0.25) is 11.8 Å². The molecular formula is C27H34N4O4S. The number of β-amino-alcohol motifs (C(OH)–C–C–N with tert-alkyl or cyclic N) is 1. The molecule has 0 aliphatic carbocycles. The summed E-state index contributed by atoms with van der Waals surface area (Å²) in [5.74, 6) is -0.636. The third-order valence-corrected chi connectivity index (χ3v) is 7.77. The summed E-state index contributed by atoms with van der Waals surface area (Å²) in [6.07, 6.45) is 0.147. The number of likely N-dealkylation sites (tertiary alicyclic amines) is 1. The van der Waals surface area contributed by atoms with Crippen molar-refractivity contribution in [3.63, 3.8) is 0 Å². The van der Waals surface area contributed by atoms with Gasteiger partial charge >= 0.3 is 0 Å². The van der Waals surface area contributed by atoms with Gasteiger partial charge in [0, 0.05) is 19.0 Å². The van der Waals surface area contributed by atoms with E-state index in [2.05, 4.69) is 15.5 Å². The number of nitrogens with one attached hydrogen (secondary N) is 1. The summed E-state index contributed by atoms with van der Waals surface area (Å²) in [6.45, 7) is 9.80. The Morgan fingerprint density at radius 2 is 1.97 bits per heavy atom. The molecule has 0 saturated carbocycles. The van der Waals surface area contributed by atoms with E-state index in [4.69, 9.17) is 4.52 Å². The van der Waals surface area contributed by atoms with Crippen LogP contribution in [0.15, 0.2) is 40.4 Å². The molecule has 4 atom stereocenters. The Morgan fingerprint density at radius 3 is 2.53 bits per heavy atom. The highest BCUT2D eigenvalue weighted by Crippen LogP contribution is 2.32. The lowest BCUT2D eigenvalue weighted by Crippen LogP contribution is -2.48. The lowest BCUT2D eigenvalue weighted by atomic mass is 9.91. The van der Waals surface area contributed by atoms with E-state index in [1.165, 1.54) is 4.90 Å². The number of carbonyl (C=O) groups excluding carboxylic acids is 2. The summed E-state index contributed by atoms with van der Waals surface area (Å²) < 4.78 is 5.41. The Bertz CT molecular complexity index is 1200. The molecule has 0 spiro atoms. The van der Waals surface area contributed by atoms with Gasteiger partial charge in [-0.25, -0.2) is 4.98 Å². The smallest absolute Gasteiger partial charge is 0.243 e. The number of rotatable bonds is 8. The summed E-state index contributed by atoms with van der Waals surface area (Å²) in [7, 11) is 0. The average molecular weight is 511 g/mol. The van der Waals surface area contributed by atoms with Crippen LogP contribution in [0.3, 0.4) is 0 Å². The molecule has 2 amide bonds. The second-order valence-electron chi connectivity index (χ2n) is 9.85. The first-order valence-corrected chi connectivity index (χ1v) is 13.3. The Morgan fingerprint density at radius 1 is 1.25 bits per heavy atom. The number of aliphatic hydroxyl groups is 1. The Hall–Kier alpha value is -3.04. The molecule has 4 rings (SSSR count). The maximum atomic E-state index is 13.6. The van der Waals surface area contributed by atoms with Crippen LogP contribution in [0.5, 0.6) is 0 Å². The van der Waals surface area contributed by atoms with E-state index in [0.29, 0.717) is 17.9 Å². The number of aryl methyl sites for hydroxylation is 2. The number of hydrogen-bond acceptors (Lipinski definition) is 7. The molecule has 3 heterocycles. The lowest BCUT2D eigenvalue weighted by molar-refractivity contribution is -0.141. The Balaban J connectivity index is 1.50. The van der Waals surface area contributed by atoms with Crippen molar-refractivity contribution in [1.29, 1.82) is 0 Å². The fraction of sp³-hybridized carbons (Fsp3) is 0.481. The van der Waals surface area contributed by atoms with Crippen LogP contribution in [0.1, 0.15) is 68.3 Å². The van der Waals surface area contributed by atoms with Crippen LogP contribution in [0.2, 0.25) is 0 Å². The molecule has 0 unspecified atom stereocenters. The number of amides is 2. The van der Waals surface area contributed by atoms with Crippen LogP contribution in [-0.2, 0) is 9.59 Å². The highest BCUT2D eigenvalue weighted by Gasteiger charge is 2.43. The maximum Gasteiger partial charge on any atom is 0.243 e. The molecule has 0 bridgehead atoms. The van der Waals surface area contributed by atoms with Gasteiger partial charge in [0.1, 0.15) is 17.7 Å². The molecule has 1 aliphatic heterocycles. The molecule has 3 aromatic rings. The van der Waals surface area contributed by atoms with Crippen molar-refractivity contribution < 1.29 is 19.2 Å². The van der Waals surface area contributed by atoms with Crippen LogP contribution >= 0.6 is 11.3 Å². The van der Waals surface area contributed by atoms with E-state index < -0.39 is 18.1 Å². The zero-order valence-corrected chi connectivity index (χ0v) is 22.2. The summed E-state index contributed by atoms with van der Waals surface area (Å²) in [6, 6.07) is 8.95. The van der Waals surface area contributed by atoms with Gasteiger partial charge in [-0.2, -0.15) is 0 Å². The number of carbonyl (C=O) groups is 2. The third kappa shape index (κ3) is 5.37. The van der Waals surface area contributed by atoms with E-state index in [9.17, 15) is 14.7 Å². The van der Waals surface area contributed by atoms with Crippen LogP contribution in [-0.4, -0.2) is 50.7 Å². The predicted octanol–water partition coefficient (Wildman–Crippen LogP) is 4.38. The fourth-order valence-corrected chi connectivity index (χ4v) is 5.70. The summed E-state index contributed by atoms with van der Waals surface area (Å²) >= 11 is 1.60. The topological polar surface area (TPSA) is 109 Å². The minimum Gasteiger partial charge on any atom is -0.391 e. The average Bonchev–Trinajstić information content (AvgIpc) is 3.57. The van der Waals surface area contributed by atoms with Gasteiger partial charge in [0.05, 0.1) is 33.9 Å². The van der Waals surface area contributed by atoms with Gasteiger partial charge in [0.25, 0.3) is 0 Å². The number of aromatic nitrogens is 2. The van der Waals surface area contributed by atoms with E-state index in [0.717, 1.165) is 21.7 Å². The molecule has 9 heteroatoms. The standard InChI is InChI=1S/C27H34N4O4S/c1-6-21(18-7-9-19(10-8-18)25-17(5)28-14-36-25)29-26(33)22-12-20(32)13-31(22)27(34)24(15(2)3)23-11-16(4)30-35-23/h7-11,14-15,20-22,24,32H,6,12-13H2,1-5H3,(H,29,33)/t20-,21+,22+,24-/m1/s1. The first-order valence-electron chi connectivity index (χ1n) is 12.4.